The van der Waals surface area contributed by atoms with Crippen molar-refractivity contribution in [2.45, 2.75) is 13.1 Å². The van der Waals surface area contributed by atoms with Gasteiger partial charge in [0.15, 0.2) is 0 Å². The summed E-state index contributed by atoms with van der Waals surface area (Å²) >= 11 is 3.57. The zero-order chi connectivity index (χ0) is 13.5. The standard InChI is InChI=1S/C14H18BrN3O/c1-19-9-7-16-10-14-17-6-8-18(14)11-12-4-2-3-5-13(12)15/h2-6,8,16H,7,9-11H2,1H3. The second-order valence-electron chi connectivity index (χ2n) is 4.23. The van der Waals surface area contributed by atoms with E-state index in [9.17, 15) is 0 Å². The lowest BCUT2D eigenvalue weighted by Gasteiger charge is -2.10. The number of nitrogens with zero attached hydrogens (tertiary/aromatic N) is 2. The third-order valence-corrected chi connectivity index (χ3v) is 3.64. The summed E-state index contributed by atoms with van der Waals surface area (Å²) < 4.78 is 8.29. The number of ether oxygens (including phenoxy) is 1. The van der Waals surface area contributed by atoms with E-state index in [1.54, 1.807) is 7.11 Å². The molecule has 0 saturated carbocycles. The molecule has 0 radical (unpaired) electrons. The first kappa shape index (κ1) is 14.2. The minimum atomic E-state index is 0.713. The van der Waals surface area contributed by atoms with Crippen molar-refractivity contribution in [2.24, 2.45) is 0 Å². The second kappa shape index (κ2) is 7.43. The Hall–Kier alpha value is -1.17. The van der Waals surface area contributed by atoms with E-state index in [0.717, 1.165) is 29.9 Å². The first-order valence-electron chi connectivity index (χ1n) is 6.24. The molecule has 5 heteroatoms. The molecule has 19 heavy (non-hydrogen) atoms. The van der Waals surface area contributed by atoms with E-state index in [4.69, 9.17) is 4.74 Å². The summed E-state index contributed by atoms with van der Waals surface area (Å²) in [7, 11) is 1.70. The van der Waals surface area contributed by atoms with E-state index in [1.165, 1.54) is 5.56 Å². The van der Waals surface area contributed by atoms with Crippen LogP contribution in [-0.4, -0.2) is 29.8 Å². The van der Waals surface area contributed by atoms with Crippen molar-refractivity contribution in [3.8, 4) is 0 Å². The molecule has 0 bridgehead atoms. The van der Waals surface area contributed by atoms with Gasteiger partial charge in [-0.2, -0.15) is 0 Å². The quantitative estimate of drug-likeness (QED) is 0.795. The van der Waals surface area contributed by atoms with Gasteiger partial charge in [-0.05, 0) is 11.6 Å². The summed E-state index contributed by atoms with van der Waals surface area (Å²) in [6, 6.07) is 8.25. The highest BCUT2D eigenvalue weighted by Gasteiger charge is 2.05. The van der Waals surface area contributed by atoms with Gasteiger partial charge in [-0.1, -0.05) is 34.1 Å². The van der Waals surface area contributed by atoms with Gasteiger partial charge in [0.2, 0.25) is 0 Å². The highest BCUT2D eigenvalue weighted by molar-refractivity contribution is 9.10. The maximum Gasteiger partial charge on any atom is 0.122 e. The molecule has 0 fully saturated rings. The van der Waals surface area contributed by atoms with Crippen molar-refractivity contribution in [3.05, 3.63) is 52.5 Å². The molecule has 0 aliphatic rings. The molecule has 0 aliphatic heterocycles. The number of rotatable bonds is 7. The average Bonchev–Trinajstić information content (AvgIpc) is 2.85. The normalized spacial score (nSPS) is 10.8. The number of benzene rings is 1. The summed E-state index contributed by atoms with van der Waals surface area (Å²) in [5, 5.41) is 3.31. The van der Waals surface area contributed by atoms with Gasteiger partial charge in [0.25, 0.3) is 0 Å². The molecule has 2 aromatic rings. The Labute approximate surface area is 121 Å². The fraction of sp³-hybridized carbons (Fsp3) is 0.357. The average molecular weight is 324 g/mol. The van der Waals surface area contributed by atoms with Crippen LogP contribution < -0.4 is 5.32 Å². The number of hydrogen-bond acceptors (Lipinski definition) is 3. The first-order valence-corrected chi connectivity index (χ1v) is 7.03. The van der Waals surface area contributed by atoms with Crippen LogP contribution in [0, 0.1) is 0 Å². The molecule has 0 spiro atoms. The predicted octanol–water partition coefficient (Wildman–Crippen LogP) is 2.43. The fourth-order valence-corrected chi connectivity index (χ4v) is 2.25. The molecule has 0 unspecified atom stereocenters. The number of halogens is 1. The van der Waals surface area contributed by atoms with Crippen molar-refractivity contribution in [1.29, 1.82) is 0 Å². The van der Waals surface area contributed by atoms with Gasteiger partial charge in [-0.3, -0.25) is 0 Å². The Kier molecular flexibility index (Phi) is 5.57. The number of methoxy groups -OCH3 is 1. The van der Waals surface area contributed by atoms with Crippen molar-refractivity contribution in [1.82, 2.24) is 14.9 Å². The van der Waals surface area contributed by atoms with E-state index >= 15 is 0 Å². The molecule has 1 N–H and O–H groups in total. The summed E-state index contributed by atoms with van der Waals surface area (Å²) in [5.41, 5.74) is 1.25. The molecule has 0 atom stereocenters. The molecule has 0 saturated heterocycles. The Bertz CT molecular complexity index is 513. The summed E-state index contributed by atoms with van der Waals surface area (Å²) in [4.78, 5) is 4.38. The van der Waals surface area contributed by atoms with E-state index in [0.29, 0.717) is 6.61 Å². The molecule has 1 heterocycles. The zero-order valence-corrected chi connectivity index (χ0v) is 12.6. The highest BCUT2D eigenvalue weighted by atomic mass is 79.9. The zero-order valence-electron chi connectivity index (χ0n) is 11.0. The molecule has 0 amide bonds. The highest BCUT2D eigenvalue weighted by Crippen LogP contribution is 2.17. The SMILES string of the molecule is COCCNCc1nccn1Cc1ccccc1Br. The van der Waals surface area contributed by atoms with E-state index < -0.39 is 0 Å². The Balaban J connectivity index is 1.98. The minimum absolute atomic E-state index is 0.713. The topological polar surface area (TPSA) is 39.1 Å². The summed E-state index contributed by atoms with van der Waals surface area (Å²) in [5.74, 6) is 1.03. The van der Waals surface area contributed by atoms with Crippen LogP contribution in [0.3, 0.4) is 0 Å². The lowest BCUT2D eigenvalue weighted by atomic mass is 10.2. The number of nitrogens with one attached hydrogen (secondary N) is 1. The second-order valence-corrected chi connectivity index (χ2v) is 5.09. The van der Waals surface area contributed by atoms with Gasteiger partial charge in [-0.15, -0.1) is 0 Å². The molecule has 4 nitrogen and oxygen atoms in total. The predicted molar refractivity (Wildman–Crippen MR) is 79.1 cm³/mol. The van der Waals surface area contributed by atoms with Crippen LogP contribution in [0.4, 0.5) is 0 Å². The molecule has 1 aromatic carbocycles. The van der Waals surface area contributed by atoms with Crippen LogP contribution in [0.15, 0.2) is 41.1 Å². The molecular weight excluding hydrogens is 306 g/mol. The van der Waals surface area contributed by atoms with Gasteiger partial charge in [-0.25, -0.2) is 4.98 Å². The van der Waals surface area contributed by atoms with Crippen LogP contribution in [0.5, 0.6) is 0 Å². The van der Waals surface area contributed by atoms with Gasteiger partial charge >= 0.3 is 0 Å². The molecule has 0 aliphatic carbocycles. The van der Waals surface area contributed by atoms with Crippen molar-refractivity contribution >= 4 is 15.9 Å². The van der Waals surface area contributed by atoms with Crippen LogP contribution in [0.1, 0.15) is 11.4 Å². The largest absolute Gasteiger partial charge is 0.383 e. The maximum absolute atomic E-state index is 5.01. The summed E-state index contributed by atoms with van der Waals surface area (Å²) in [6.45, 7) is 3.12. The number of hydrogen-bond donors (Lipinski definition) is 1. The van der Waals surface area contributed by atoms with E-state index in [1.807, 2.05) is 24.5 Å². The smallest absolute Gasteiger partial charge is 0.122 e. The van der Waals surface area contributed by atoms with Crippen molar-refractivity contribution in [3.63, 3.8) is 0 Å². The Morgan fingerprint density at radius 2 is 2.21 bits per heavy atom. The Morgan fingerprint density at radius 1 is 1.37 bits per heavy atom. The van der Waals surface area contributed by atoms with Crippen LogP contribution in [0.25, 0.3) is 0 Å². The first-order chi connectivity index (χ1) is 9.31. The van der Waals surface area contributed by atoms with Gasteiger partial charge in [0, 0.05) is 37.1 Å². The maximum atomic E-state index is 5.01. The Morgan fingerprint density at radius 3 is 3.00 bits per heavy atom. The fourth-order valence-electron chi connectivity index (χ4n) is 1.84. The van der Waals surface area contributed by atoms with Crippen molar-refractivity contribution in [2.75, 3.05) is 20.3 Å². The lowest BCUT2D eigenvalue weighted by molar-refractivity contribution is 0.199. The van der Waals surface area contributed by atoms with Gasteiger partial charge < -0.3 is 14.6 Å². The number of aromatic nitrogens is 2. The minimum Gasteiger partial charge on any atom is -0.383 e. The summed E-state index contributed by atoms with van der Waals surface area (Å²) in [6.07, 6.45) is 3.84. The molecular formula is C14H18BrN3O. The number of imidazole rings is 1. The van der Waals surface area contributed by atoms with Gasteiger partial charge in [0.05, 0.1) is 13.2 Å². The van der Waals surface area contributed by atoms with Crippen LogP contribution in [-0.2, 0) is 17.8 Å². The van der Waals surface area contributed by atoms with Crippen LogP contribution in [0.2, 0.25) is 0 Å². The molecule has 1 aromatic heterocycles. The van der Waals surface area contributed by atoms with E-state index in [2.05, 4.69) is 42.9 Å². The van der Waals surface area contributed by atoms with E-state index in [-0.39, 0.29) is 0 Å². The third-order valence-electron chi connectivity index (χ3n) is 2.87. The monoisotopic (exact) mass is 323 g/mol. The third kappa shape index (κ3) is 4.16. The molecule has 102 valence electrons. The van der Waals surface area contributed by atoms with Gasteiger partial charge in [0.1, 0.15) is 5.82 Å². The lowest BCUT2D eigenvalue weighted by Crippen LogP contribution is -2.21. The van der Waals surface area contributed by atoms with Crippen molar-refractivity contribution < 1.29 is 4.74 Å². The molecule has 2 rings (SSSR count). The van der Waals surface area contributed by atoms with Crippen LogP contribution >= 0.6 is 15.9 Å².